The molecule has 0 fully saturated rings. The largest absolute Gasteiger partial charge is 0.488 e. The van der Waals surface area contributed by atoms with Gasteiger partial charge in [0.1, 0.15) is 12.4 Å². The Morgan fingerprint density at radius 3 is 2.74 bits per heavy atom. The first kappa shape index (κ1) is 19.2. The van der Waals surface area contributed by atoms with Crippen molar-refractivity contribution in [3.63, 3.8) is 0 Å². The second-order valence-electron chi connectivity index (χ2n) is 5.05. The first-order valence-electron chi connectivity index (χ1n) is 7.58. The van der Waals surface area contributed by atoms with Crippen molar-refractivity contribution in [3.05, 3.63) is 29.8 Å². The van der Waals surface area contributed by atoms with E-state index in [0.717, 1.165) is 12.1 Å². The van der Waals surface area contributed by atoms with E-state index in [-0.39, 0.29) is 6.04 Å². The lowest BCUT2D eigenvalue weighted by molar-refractivity contribution is 0.0818. The molecule has 0 heterocycles. The average molecular weight is 329 g/mol. The van der Waals surface area contributed by atoms with Crippen LogP contribution in [0, 0.1) is 0 Å². The summed E-state index contributed by atoms with van der Waals surface area (Å²) < 4.78 is 34.4. The van der Waals surface area contributed by atoms with Gasteiger partial charge in [0.15, 0.2) is 5.96 Å². The van der Waals surface area contributed by atoms with E-state index >= 15 is 0 Å². The molecular formula is C16H25F2N3O2. The zero-order valence-electron chi connectivity index (χ0n) is 13.8. The minimum Gasteiger partial charge on any atom is -0.488 e. The molecule has 0 aromatic heterocycles. The summed E-state index contributed by atoms with van der Waals surface area (Å²) in [5, 5.41) is 6.38. The lowest BCUT2D eigenvalue weighted by atomic mass is 10.2. The molecule has 7 heteroatoms. The summed E-state index contributed by atoms with van der Waals surface area (Å²) >= 11 is 0. The van der Waals surface area contributed by atoms with Crippen LogP contribution < -0.4 is 15.4 Å². The molecule has 0 saturated carbocycles. The molecule has 1 aromatic rings. The fourth-order valence-corrected chi connectivity index (χ4v) is 1.91. The van der Waals surface area contributed by atoms with Crippen molar-refractivity contribution in [2.24, 2.45) is 4.99 Å². The number of hydrogen-bond acceptors (Lipinski definition) is 3. The fraction of sp³-hybridized carbons (Fsp3) is 0.562. The van der Waals surface area contributed by atoms with Crippen molar-refractivity contribution in [1.29, 1.82) is 0 Å². The van der Waals surface area contributed by atoms with E-state index in [2.05, 4.69) is 15.6 Å². The van der Waals surface area contributed by atoms with Crippen LogP contribution >= 0.6 is 0 Å². The van der Waals surface area contributed by atoms with Gasteiger partial charge in [-0.2, -0.15) is 0 Å². The van der Waals surface area contributed by atoms with Gasteiger partial charge in [-0.05, 0) is 31.5 Å². The number of nitrogens with zero attached hydrogens (tertiary/aromatic N) is 1. The van der Waals surface area contributed by atoms with Crippen molar-refractivity contribution in [3.8, 4) is 5.75 Å². The van der Waals surface area contributed by atoms with Gasteiger partial charge in [0, 0.05) is 19.7 Å². The van der Waals surface area contributed by atoms with Gasteiger partial charge < -0.3 is 20.1 Å². The highest BCUT2D eigenvalue weighted by molar-refractivity contribution is 5.80. The SMILES string of the molecule is CCNC(=NCc1cccc(OCC(F)F)c1)NC(C)COC. The Labute approximate surface area is 136 Å². The summed E-state index contributed by atoms with van der Waals surface area (Å²) in [6, 6.07) is 7.13. The van der Waals surface area contributed by atoms with E-state index in [9.17, 15) is 8.78 Å². The minimum absolute atomic E-state index is 0.124. The third kappa shape index (κ3) is 8.35. The maximum atomic E-state index is 12.2. The van der Waals surface area contributed by atoms with Crippen molar-refractivity contribution >= 4 is 5.96 Å². The Morgan fingerprint density at radius 2 is 2.09 bits per heavy atom. The molecule has 0 saturated heterocycles. The topological polar surface area (TPSA) is 54.9 Å². The predicted molar refractivity (Wildman–Crippen MR) is 87.2 cm³/mol. The number of ether oxygens (including phenoxy) is 2. The first-order chi connectivity index (χ1) is 11.0. The maximum Gasteiger partial charge on any atom is 0.272 e. The minimum atomic E-state index is -2.48. The molecule has 0 bridgehead atoms. The summed E-state index contributed by atoms with van der Waals surface area (Å²) in [5.74, 6) is 1.10. The zero-order valence-corrected chi connectivity index (χ0v) is 13.8. The molecule has 0 spiro atoms. The van der Waals surface area contributed by atoms with E-state index in [0.29, 0.717) is 24.9 Å². The Balaban J connectivity index is 2.65. The molecule has 1 aromatic carbocycles. The molecular weight excluding hydrogens is 304 g/mol. The Bertz CT molecular complexity index is 484. The monoisotopic (exact) mass is 329 g/mol. The number of halogens is 2. The number of guanidine groups is 1. The van der Waals surface area contributed by atoms with Crippen molar-refractivity contribution < 1.29 is 18.3 Å². The van der Waals surface area contributed by atoms with E-state index in [1.165, 1.54) is 0 Å². The van der Waals surface area contributed by atoms with Gasteiger partial charge in [0.25, 0.3) is 6.43 Å². The number of nitrogens with one attached hydrogen (secondary N) is 2. The van der Waals surface area contributed by atoms with Crippen molar-refractivity contribution in [2.45, 2.75) is 32.9 Å². The predicted octanol–water partition coefficient (Wildman–Crippen LogP) is 2.42. The van der Waals surface area contributed by atoms with E-state index in [1.54, 1.807) is 25.3 Å². The second kappa shape index (κ2) is 10.8. The van der Waals surface area contributed by atoms with Crippen LogP contribution in [0.3, 0.4) is 0 Å². The van der Waals surface area contributed by atoms with Gasteiger partial charge in [0.05, 0.1) is 13.2 Å². The number of benzene rings is 1. The van der Waals surface area contributed by atoms with Gasteiger partial charge in [-0.1, -0.05) is 12.1 Å². The van der Waals surface area contributed by atoms with Gasteiger partial charge in [0.2, 0.25) is 0 Å². The quantitative estimate of drug-likeness (QED) is 0.540. The molecule has 0 aliphatic heterocycles. The van der Waals surface area contributed by atoms with E-state index < -0.39 is 13.0 Å². The molecule has 130 valence electrons. The Hall–Kier alpha value is -1.89. The van der Waals surface area contributed by atoms with E-state index in [1.807, 2.05) is 19.9 Å². The van der Waals surface area contributed by atoms with E-state index in [4.69, 9.17) is 9.47 Å². The molecule has 0 radical (unpaired) electrons. The number of rotatable bonds is 9. The first-order valence-corrected chi connectivity index (χ1v) is 7.58. The standard InChI is InChI=1S/C16H25F2N3O2/c1-4-19-16(21-12(2)10-22-3)20-9-13-6-5-7-14(8-13)23-11-15(17)18/h5-8,12,15H,4,9-11H2,1-3H3,(H2,19,20,21). The number of alkyl halides is 2. The fourth-order valence-electron chi connectivity index (χ4n) is 1.91. The molecule has 23 heavy (non-hydrogen) atoms. The number of methoxy groups -OCH3 is 1. The van der Waals surface area contributed by atoms with Crippen LogP contribution in [-0.4, -0.2) is 45.3 Å². The average Bonchev–Trinajstić information content (AvgIpc) is 2.51. The van der Waals surface area contributed by atoms with Crippen molar-refractivity contribution in [2.75, 3.05) is 26.9 Å². The van der Waals surface area contributed by atoms with Crippen LogP contribution in [0.25, 0.3) is 0 Å². The lowest BCUT2D eigenvalue weighted by Gasteiger charge is -2.17. The molecule has 1 atom stereocenters. The highest BCUT2D eigenvalue weighted by atomic mass is 19.3. The zero-order chi connectivity index (χ0) is 17.1. The molecule has 0 aliphatic carbocycles. The molecule has 1 unspecified atom stereocenters. The number of aliphatic imine (C=N–C) groups is 1. The van der Waals surface area contributed by atoms with Gasteiger partial charge in [-0.25, -0.2) is 13.8 Å². The van der Waals surface area contributed by atoms with Crippen LogP contribution in [0.1, 0.15) is 19.4 Å². The molecule has 2 N–H and O–H groups in total. The number of hydrogen-bond donors (Lipinski definition) is 2. The van der Waals surface area contributed by atoms with Gasteiger partial charge >= 0.3 is 0 Å². The van der Waals surface area contributed by atoms with Crippen LogP contribution in [0.15, 0.2) is 29.3 Å². The molecule has 0 amide bonds. The lowest BCUT2D eigenvalue weighted by Crippen LogP contribution is -2.43. The second-order valence-corrected chi connectivity index (χ2v) is 5.05. The van der Waals surface area contributed by atoms with Crippen molar-refractivity contribution in [1.82, 2.24) is 10.6 Å². The summed E-state index contributed by atoms with van der Waals surface area (Å²) in [6.07, 6.45) is -2.48. The third-order valence-corrected chi connectivity index (χ3v) is 2.84. The van der Waals surface area contributed by atoms with Gasteiger partial charge in [-0.15, -0.1) is 0 Å². The van der Waals surface area contributed by atoms with Gasteiger partial charge in [-0.3, -0.25) is 0 Å². The molecule has 1 rings (SSSR count). The highest BCUT2D eigenvalue weighted by Crippen LogP contribution is 2.14. The summed E-state index contributed by atoms with van der Waals surface area (Å²) in [6.45, 7) is 5.10. The van der Waals surface area contributed by atoms with Crippen LogP contribution in [0.5, 0.6) is 5.75 Å². The summed E-state index contributed by atoms with van der Waals surface area (Å²) in [7, 11) is 1.65. The molecule has 0 aliphatic rings. The summed E-state index contributed by atoms with van der Waals surface area (Å²) in [4.78, 5) is 4.48. The third-order valence-electron chi connectivity index (χ3n) is 2.84. The normalized spacial score (nSPS) is 13.0. The van der Waals surface area contributed by atoms with Crippen LogP contribution in [0.2, 0.25) is 0 Å². The Kier molecular flexibility index (Phi) is 8.97. The van der Waals surface area contributed by atoms with Crippen LogP contribution in [-0.2, 0) is 11.3 Å². The Morgan fingerprint density at radius 1 is 1.30 bits per heavy atom. The maximum absolute atomic E-state index is 12.2. The molecule has 5 nitrogen and oxygen atoms in total. The summed E-state index contributed by atoms with van der Waals surface area (Å²) in [5.41, 5.74) is 0.883. The van der Waals surface area contributed by atoms with Crippen LogP contribution in [0.4, 0.5) is 8.78 Å². The highest BCUT2D eigenvalue weighted by Gasteiger charge is 2.06. The smallest absolute Gasteiger partial charge is 0.272 e.